The van der Waals surface area contributed by atoms with E-state index >= 15 is 0 Å². The number of para-hydroxylation sites is 1. The Hall–Kier alpha value is -1.49. The van der Waals surface area contributed by atoms with Crippen molar-refractivity contribution in [2.24, 2.45) is 0 Å². The topological polar surface area (TPSA) is 58.2 Å². The summed E-state index contributed by atoms with van der Waals surface area (Å²) in [5.74, 6) is 1.05. The van der Waals surface area contributed by atoms with Gasteiger partial charge in [0.1, 0.15) is 0 Å². The van der Waals surface area contributed by atoms with E-state index in [0.717, 1.165) is 54.8 Å². The van der Waals surface area contributed by atoms with Gasteiger partial charge in [-0.3, -0.25) is 9.59 Å². The second kappa shape index (κ2) is 8.96. The van der Waals surface area contributed by atoms with Gasteiger partial charge in [-0.05, 0) is 50.0 Å². The van der Waals surface area contributed by atoms with Crippen LogP contribution in [0.3, 0.4) is 0 Å². The van der Waals surface area contributed by atoms with E-state index in [2.05, 4.69) is 10.6 Å². The normalized spacial score (nSPS) is 18.2. The molecule has 2 rings (SSSR count). The number of carbonyl (C=O) groups excluding carboxylic acids is 2. The zero-order chi connectivity index (χ0) is 16.7. The third-order valence-corrected chi connectivity index (χ3v) is 5.47. The van der Waals surface area contributed by atoms with Crippen molar-refractivity contribution in [1.29, 1.82) is 0 Å². The first kappa shape index (κ1) is 17.9. The van der Waals surface area contributed by atoms with Crippen LogP contribution in [0.5, 0.6) is 0 Å². The molecule has 1 aromatic rings. The molecule has 2 amide bonds. The summed E-state index contributed by atoms with van der Waals surface area (Å²) in [5.41, 5.74) is 3.10. The first-order chi connectivity index (χ1) is 11.1. The Kier molecular flexibility index (Phi) is 6.96. The van der Waals surface area contributed by atoms with Gasteiger partial charge < -0.3 is 10.6 Å². The van der Waals surface area contributed by atoms with Gasteiger partial charge in [0.05, 0.1) is 5.25 Å². The summed E-state index contributed by atoms with van der Waals surface area (Å²) >= 11 is 1.68. The van der Waals surface area contributed by atoms with Crippen LogP contribution in [0.1, 0.15) is 43.2 Å². The average molecular weight is 334 g/mol. The van der Waals surface area contributed by atoms with Gasteiger partial charge in [-0.15, -0.1) is 11.8 Å². The maximum absolute atomic E-state index is 12.1. The predicted molar refractivity (Wildman–Crippen MR) is 96.9 cm³/mol. The van der Waals surface area contributed by atoms with Crippen molar-refractivity contribution in [3.63, 3.8) is 0 Å². The minimum Gasteiger partial charge on any atom is -0.355 e. The molecular formula is C18H26N2O2S. The average Bonchev–Trinajstić information content (AvgIpc) is 2.72. The highest BCUT2D eigenvalue weighted by molar-refractivity contribution is 8.00. The van der Waals surface area contributed by atoms with Crippen molar-refractivity contribution < 1.29 is 9.59 Å². The summed E-state index contributed by atoms with van der Waals surface area (Å²) in [7, 11) is 0. The van der Waals surface area contributed by atoms with E-state index in [4.69, 9.17) is 0 Å². The van der Waals surface area contributed by atoms with Gasteiger partial charge >= 0.3 is 0 Å². The molecule has 23 heavy (non-hydrogen) atoms. The maximum Gasteiger partial charge on any atom is 0.233 e. The van der Waals surface area contributed by atoms with Crippen LogP contribution in [0.25, 0.3) is 0 Å². The maximum atomic E-state index is 12.1. The molecule has 1 aliphatic rings. The van der Waals surface area contributed by atoms with Crippen LogP contribution in [-0.4, -0.2) is 29.4 Å². The summed E-state index contributed by atoms with van der Waals surface area (Å²) in [5, 5.41) is 6.01. The molecule has 126 valence electrons. The van der Waals surface area contributed by atoms with Crippen molar-refractivity contribution in [2.45, 2.75) is 51.2 Å². The molecule has 0 saturated carbocycles. The summed E-state index contributed by atoms with van der Waals surface area (Å²) in [6.45, 7) is 4.81. The van der Waals surface area contributed by atoms with E-state index in [1.54, 1.807) is 11.8 Å². The highest BCUT2D eigenvalue weighted by Gasteiger charge is 2.20. The lowest BCUT2D eigenvalue weighted by atomic mass is 10.1. The van der Waals surface area contributed by atoms with Crippen molar-refractivity contribution in [2.75, 3.05) is 17.6 Å². The van der Waals surface area contributed by atoms with E-state index in [9.17, 15) is 9.59 Å². The summed E-state index contributed by atoms with van der Waals surface area (Å²) in [6, 6.07) is 6.00. The van der Waals surface area contributed by atoms with Crippen LogP contribution < -0.4 is 10.6 Å². The number of thioether (sulfide) groups is 1. The third-order valence-electron chi connectivity index (χ3n) is 4.10. The van der Waals surface area contributed by atoms with E-state index in [0.29, 0.717) is 6.42 Å². The Bertz CT molecular complexity index is 540. The first-order valence-electron chi connectivity index (χ1n) is 8.33. The molecule has 0 spiro atoms. The lowest BCUT2D eigenvalue weighted by Gasteiger charge is -2.13. The zero-order valence-corrected chi connectivity index (χ0v) is 14.8. The van der Waals surface area contributed by atoms with Gasteiger partial charge in [-0.1, -0.05) is 24.6 Å². The minimum atomic E-state index is 0.0494. The SMILES string of the molecule is Cc1cccc(C)c1NC(=O)CCCS[C@@H]1CCCCNC1=O. The van der Waals surface area contributed by atoms with Gasteiger partial charge in [0.15, 0.2) is 0 Å². The predicted octanol–water partition coefficient (Wildman–Crippen LogP) is 3.42. The Morgan fingerprint density at radius 1 is 1.30 bits per heavy atom. The number of anilines is 1. The number of hydrogen-bond donors (Lipinski definition) is 2. The molecule has 2 N–H and O–H groups in total. The number of benzene rings is 1. The van der Waals surface area contributed by atoms with Crippen LogP contribution in [0.2, 0.25) is 0 Å². The van der Waals surface area contributed by atoms with Crippen molar-refractivity contribution in [3.8, 4) is 0 Å². The summed E-state index contributed by atoms with van der Waals surface area (Å²) in [4.78, 5) is 23.9. The number of rotatable bonds is 6. The van der Waals surface area contributed by atoms with Crippen LogP contribution in [0, 0.1) is 13.8 Å². The van der Waals surface area contributed by atoms with E-state index < -0.39 is 0 Å². The molecule has 0 unspecified atom stereocenters. The Labute approximate surface area is 142 Å². The number of aryl methyl sites for hydroxylation is 2. The van der Waals surface area contributed by atoms with Crippen molar-refractivity contribution >= 4 is 29.3 Å². The molecular weight excluding hydrogens is 308 g/mol. The smallest absolute Gasteiger partial charge is 0.233 e. The highest BCUT2D eigenvalue weighted by Crippen LogP contribution is 2.22. The van der Waals surface area contributed by atoms with Crippen LogP contribution in [-0.2, 0) is 9.59 Å². The number of amides is 2. The lowest BCUT2D eigenvalue weighted by Crippen LogP contribution is -2.30. The van der Waals surface area contributed by atoms with Gasteiger partial charge in [-0.25, -0.2) is 0 Å². The molecule has 5 heteroatoms. The molecule has 1 aliphatic heterocycles. The number of nitrogens with one attached hydrogen (secondary N) is 2. The highest BCUT2D eigenvalue weighted by atomic mass is 32.2. The van der Waals surface area contributed by atoms with E-state index in [1.165, 1.54) is 0 Å². The molecule has 0 radical (unpaired) electrons. The number of hydrogen-bond acceptors (Lipinski definition) is 3. The first-order valence-corrected chi connectivity index (χ1v) is 9.38. The minimum absolute atomic E-state index is 0.0494. The quantitative estimate of drug-likeness (QED) is 0.784. The second-order valence-electron chi connectivity index (χ2n) is 6.06. The zero-order valence-electron chi connectivity index (χ0n) is 14.0. The fraction of sp³-hybridized carbons (Fsp3) is 0.556. The molecule has 1 atom stereocenters. The largest absolute Gasteiger partial charge is 0.355 e. The van der Waals surface area contributed by atoms with E-state index in [1.807, 2.05) is 32.0 Å². The fourth-order valence-corrected chi connectivity index (χ4v) is 3.91. The van der Waals surface area contributed by atoms with Gasteiger partial charge in [0.25, 0.3) is 0 Å². The fourth-order valence-electron chi connectivity index (χ4n) is 2.74. The molecule has 4 nitrogen and oxygen atoms in total. The van der Waals surface area contributed by atoms with Crippen molar-refractivity contribution in [3.05, 3.63) is 29.3 Å². The van der Waals surface area contributed by atoms with Gasteiger partial charge in [0.2, 0.25) is 11.8 Å². The van der Waals surface area contributed by atoms with E-state index in [-0.39, 0.29) is 17.1 Å². The summed E-state index contributed by atoms with van der Waals surface area (Å²) < 4.78 is 0. The molecule has 0 bridgehead atoms. The Morgan fingerprint density at radius 3 is 2.78 bits per heavy atom. The summed E-state index contributed by atoms with van der Waals surface area (Å²) in [6.07, 6.45) is 4.41. The third kappa shape index (κ3) is 5.57. The molecule has 1 aromatic carbocycles. The van der Waals surface area contributed by atoms with Gasteiger partial charge in [-0.2, -0.15) is 0 Å². The number of carbonyl (C=O) groups is 2. The van der Waals surface area contributed by atoms with Crippen LogP contribution in [0.4, 0.5) is 5.69 Å². The Balaban J connectivity index is 1.71. The molecule has 1 fully saturated rings. The van der Waals surface area contributed by atoms with Crippen LogP contribution >= 0.6 is 11.8 Å². The van der Waals surface area contributed by atoms with Crippen LogP contribution in [0.15, 0.2) is 18.2 Å². The second-order valence-corrected chi connectivity index (χ2v) is 7.38. The molecule has 1 saturated heterocycles. The van der Waals surface area contributed by atoms with Crippen molar-refractivity contribution in [1.82, 2.24) is 5.32 Å². The standard InChI is InChI=1S/C18H26N2O2S/c1-13-7-5-8-14(2)17(13)20-16(21)10-6-12-23-15-9-3-4-11-19-18(15)22/h5,7-8,15H,3-4,6,9-12H2,1-2H3,(H,19,22)(H,20,21)/t15-/m1/s1. The molecule has 0 aromatic heterocycles. The Morgan fingerprint density at radius 2 is 2.04 bits per heavy atom. The lowest BCUT2D eigenvalue weighted by molar-refractivity contribution is -0.120. The molecule has 1 heterocycles. The van der Waals surface area contributed by atoms with Gasteiger partial charge in [0, 0.05) is 18.7 Å². The molecule has 0 aliphatic carbocycles. The monoisotopic (exact) mass is 334 g/mol.